The van der Waals surface area contributed by atoms with Crippen molar-refractivity contribution in [2.24, 2.45) is 0 Å². The van der Waals surface area contributed by atoms with Crippen LogP contribution >= 0.6 is 38.5 Å². The number of hydrogen-bond acceptors (Lipinski definition) is 4. The molecule has 0 bridgehead atoms. The number of carbonyl (C=O) groups excluding carboxylic acids is 1. The van der Waals surface area contributed by atoms with Crippen molar-refractivity contribution in [3.8, 4) is 11.4 Å². The highest BCUT2D eigenvalue weighted by atomic mass is 127. The van der Waals surface area contributed by atoms with E-state index in [1.807, 2.05) is 24.3 Å². The highest BCUT2D eigenvalue weighted by molar-refractivity contribution is 14.1. The molecule has 5 nitrogen and oxygen atoms in total. The van der Waals surface area contributed by atoms with E-state index in [0.29, 0.717) is 11.1 Å². The lowest BCUT2D eigenvalue weighted by atomic mass is 10.3. The van der Waals surface area contributed by atoms with E-state index in [-0.39, 0.29) is 5.69 Å². The summed E-state index contributed by atoms with van der Waals surface area (Å²) in [5, 5.41) is 4.30. The highest BCUT2D eigenvalue weighted by Gasteiger charge is 2.21. The molecule has 20 heavy (non-hydrogen) atoms. The zero-order chi connectivity index (χ0) is 14.7. The number of carbonyl (C=O) groups is 1. The van der Waals surface area contributed by atoms with Crippen LogP contribution in [0.3, 0.4) is 0 Å². The molecule has 1 heterocycles. The molecular weight excluding hydrogens is 439 g/mol. The van der Waals surface area contributed by atoms with Gasteiger partial charge in [-0.05, 0) is 69.7 Å². The van der Waals surface area contributed by atoms with Gasteiger partial charge in [0.05, 0.1) is 23.9 Å². The fourth-order valence-electron chi connectivity index (χ4n) is 1.60. The summed E-state index contributed by atoms with van der Waals surface area (Å²) in [5.74, 6) is 0.324. The van der Waals surface area contributed by atoms with Crippen LogP contribution in [0.1, 0.15) is 17.4 Å². The Balaban J connectivity index is 2.41. The predicted molar refractivity (Wildman–Crippen MR) is 86.5 cm³/mol. The predicted octanol–water partition coefficient (Wildman–Crippen LogP) is 3.42. The maximum atomic E-state index is 11.8. The topological polar surface area (TPSA) is 53.3 Å². The van der Waals surface area contributed by atoms with Crippen molar-refractivity contribution < 1.29 is 14.3 Å². The van der Waals surface area contributed by atoms with Crippen LogP contribution in [0.4, 0.5) is 0 Å². The molecule has 106 valence electrons. The maximum Gasteiger partial charge on any atom is 0.360 e. The number of esters is 1. The minimum Gasteiger partial charge on any atom is -0.497 e. The van der Waals surface area contributed by atoms with Crippen LogP contribution in [0.5, 0.6) is 5.75 Å². The fraction of sp³-hybridized carbons (Fsp3) is 0.231. The van der Waals surface area contributed by atoms with Crippen molar-refractivity contribution in [1.82, 2.24) is 9.78 Å². The number of ether oxygens (including phenoxy) is 2. The monoisotopic (exact) mass is 450 g/mol. The largest absolute Gasteiger partial charge is 0.497 e. The number of hydrogen-bond donors (Lipinski definition) is 0. The minimum atomic E-state index is -0.440. The zero-order valence-corrected chi connectivity index (χ0v) is 14.6. The summed E-state index contributed by atoms with van der Waals surface area (Å²) in [6.45, 7) is 2.08. The van der Waals surface area contributed by atoms with Crippen LogP contribution in [0.25, 0.3) is 5.69 Å². The van der Waals surface area contributed by atoms with Crippen LogP contribution < -0.4 is 4.74 Å². The summed E-state index contributed by atoms with van der Waals surface area (Å²) in [4.78, 5) is 11.8. The van der Waals surface area contributed by atoms with Crippen molar-refractivity contribution >= 4 is 44.5 Å². The van der Waals surface area contributed by atoms with Gasteiger partial charge in [-0.2, -0.15) is 5.10 Å². The molecule has 0 fully saturated rings. The van der Waals surface area contributed by atoms with Gasteiger partial charge in [0.1, 0.15) is 9.45 Å². The van der Waals surface area contributed by atoms with Gasteiger partial charge >= 0.3 is 5.97 Å². The van der Waals surface area contributed by atoms with Gasteiger partial charge in [0.25, 0.3) is 0 Å². The molecule has 0 saturated carbocycles. The molecule has 0 aliphatic heterocycles. The molecule has 7 heteroatoms. The van der Waals surface area contributed by atoms with Crippen molar-refractivity contribution in [2.45, 2.75) is 6.92 Å². The Morgan fingerprint density at radius 1 is 1.40 bits per heavy atom. The van der Waals surface area contributed by atoms with Crippen molar-refractivity contribution in [3.05, 3.63) is 38.1 Å². The Morgan fingerprint density at radius 2 is 2.05 bits per heavy atom. The normalized spacial score (nSPS) is 10.4. The summed E-state index contributed by atoms with van der Waals surface area (Å²) in [6.07, 6.45) is 0. The molecular formula is C13H12BrIN2O3. The second-order valence-corrected chi connectivity index (χ2v) is 5.60. The summed E-state index contributed by atoms with van der Waals surface area (Å²) < 4.78 is 13.2. The molecule has 2 aromatic rings. The van der Waals surface area contributed by atoms with E-state index < -0.39 is 5.97 Å². The van der Waals surface area contributed by atoms with Crippen LogP contribution in [-0.4, -0.2) is 29.5 Å². The number of benzene rings is 1. The molecule has 0 unspecified atom stereocenters. The average Bonchev–Trinajstić information content (AvgIpc) is 2.76. The van der Waals surface area contributed by atoms with Crippen molar-refractivity contribution in [2.75, 3.05) is 13.7 Å². The van der Waals surface area contributed by atoms with Gasteiger partial charge in [0.15, 0.2) is 5.69 Å². The fourth-order valence-corrected chi connectivity index (χ4v) is 2.65. The zero-order valence-electron chi connectivity index (χ0n) is 10.9. The van der Waals surface area contributed by atoms with E-state index in [1.54, 1.807) is 18.7 Å². The van der Waals surface area contributed by atoms with Crippen molar-refractivity contribution in [3.63, 3.8) is 0 Å². The van der Waals surface area contributed by atoms with E-state index in [9.17, 15) is 4.79 Å². The van der Waals surface area contributed by atoms with Gasteiger partial charge in [0, 0.05) is 0 Å². The standard InChI is InChI=1S/C13H12BrIN2O3/c1-3-20-13(18)11-10(14)12(15)17(16-11)8-4-6-9(19-2)7-5-8/h4-7H,3H2,1-2H3. The first kappa shape index (κ1) is 15.3. The first-order valence-corrected chi connectivity index (χ1v) is 7.71. The van der Waals surface area contributed by atoms with E-state index in [2.05, 4.69) is 43.6 Å². The summed E-state index contributed by atoms with van der Waals surface area (Å²) in [7, 11) is 1.61. The number of nitrogens with zero attached hydrogens (tertiary/aromatic N) is 2. The van der Waals surface area contributed by atoms with E-state index in [0.717, 1.165) is 15.1 Å². The number of halogens is 2. The van der Waals surface area contributed by atoms with Crippen molar-refractivity contribution in [1.29, 1.82) is 0 Å². The van der Waals surface area contributed by atoms with E-state index in [1.165, 1.54) is 0 Å². The second kappa shape index (κ2) is 6.57. The SMILES string of the molecule is CCOC(=O)c1nn(-c2ccc(OC)cc2)c(I)c1Br. The van der Waals surface area contributed by atoms with E-state index >= 15 is 0 Å². The lowest BCUT2D eigenvalue weighted by Crippen LogP contribution is -2.07. The third-order valence-electron chi connectivity index (χ3n) is 2.56. The molecule has 0 saturated heterocycles. The first-order valence-electron chi connectivity index (χ1n) is 5.84. The third kappa shape index (κ3) is 2.98. The third-order valence-corrected chi connectivity index (χ3v) is 5.05. The van der Waals surface area contributed by atoms with Gasteiger partial charge < -0.3 is 9.47 Å². The van der Waals surface area contributed by atoms with Gasteiger partial charge in [0.2, 0.25) is 0 Å². The highest BCUT2D eigenvalue weighted by Crippen LogP contribution is 2.27. The Kier molecular flexibility index (Phi) is 5.03. The molecule has 1 aromatic heterocycles. The Bertz CT molecular complexity index is 625. The second-order valence-electron chi connectivity index (χ2n) is 3.78. The van der Waals surface area contributed by atoms with Gasteiger partial charge in [-0.25, -0.2) is 9.48 Å². The minimum absolute atomic E-state index is 0.270. The van der Waals surface area contributed by atoms with Crippen LogP contribution in [0.2, 0.25) is 0 Å². The molecule has 0 N–H and O–H groups in total. The number of rotatable bonds is 4. The maximum absolute atomic E-state index is 11.8. The smallest absolute Gasteiger partial charge is 0.360 e. The average molecular weight is 451 g/mol. The molecule has 0 atom stereocenters. The molecule has 0 aliphatic rings. The summed E-state index contributed by atoms with van der Waals surface area (Å²) >= 11 is 5.50. The molecule has 1 aromatic carbocycles. The molecule has 0 amide bonds. The molecule has 0 spiro atoms. The Morgan fingerprint density at radius 3 is 2.60 bits per heavy atom. The lowest BCUT2D eigenvalue weighted by Gasteiger charge is -2.04. The summed E-state index contributed by atoms with van der Waals surface area (Å²) in [6, 6.07) is 7.42. The number of aromatic nitrogens is 2. The molecule has 0 aliphatic carbocycles. The Hall–Kier alpha value is -1.09. The molecule has 0 radical (unpaired) electrons. The van der Waals surface area contributed by atoms with Gasteiger partial charge in [-0.3, -0.25) is 0 Å². The quantitative estimate of drug-likeness (QED) is 0.529. The van der Waals surface area contributed by atoms with Gasteiger partial charge in [-0.1, -0.05) is 0 Å². The Labute approximate surface area is 138 Å². The lowest BCUT2D eigenvalue weighted by molar-refractivity contribution is 0.0518. The van der Waals surface area contributed by atoms with Gasteiger partial charge in [-0.15, -0.1) is 0 Å². The molecule has 2 rings (SSSR count). The van der Waals surface area contributed by atoms with Crippen LogP contribution in [0, 0.1) is 3.70 Å². The first-order chi connectivity index (χ1) is 9.58. The van der Waals surface area contributed by atoms with Crippen LogP contribution in [-0.2, 0) is 4.74 Å². The van der Waals surface area contributed by atoms with Crippen LogP contribution in [0.15, 0.2) is 28.7 Å². The summed E-state index contributed by atoms with van der Waals surface area (Å²) in [5.41, 5.74) is 1.11. The number of methoxy groups -OCH3 is 1. The van der Waals surface area contributed by atoms with E-state index in [4.69, 9.17) is 9.47 Å².